The van der Waals surface area contributed by atoms with E-state index in [1.807, 2.05) is 0 Å². The quantitative estimate of drug-likeness (QED) is 0.869. The van der Waals surface area contributed by atoms with E-state index in [1.54, 1.807) is 13.0 Å². The Bertz CT molecular complexity index is 554. The zero-order valence-corrected chi connectivity index (χ0v) is 11.1. The molecule has 1 atom stereocenters. The van der Waals surface area contributed by atoms with Gasteiger partial charge in [0.25, 0.3) is 5.91 Å². The molecule has 0 saturated carbocycles. The molecule has 0 aliphatic carbocycles. The first-order chi connectivity index (χ1) is 9.47. The first-order valence-corrected chi connectivity index (χ1v) is 5.93. The highest BCUT2D eigenvalue weighted by Crippen LogP contribution is 2.19. The van der Waals surface area contributed by atoms with Gasteiger partial charge in [-0.1, -0.05) is 0 Å². The molecule has 3 amide bonds. The molecule has 6 nitrogen and oxygen atoms in total. The summed E-state index contributed by atoms with van der Waals surface area (Å²) in [6.45, 7) is 3.46. The van der Waals surface area contributed by atoms with Gasteiger partial charge in [-0.15, -0.1) is 0 Å². The molecule has 2 N–H and O–H groups in total. The van der Waals surface area contributed by atoms with Gasteiger partial charge in [0, 0.05) is 6.54 Å². The van der Waals surface area contributed by atoms with Gasteiger partial charge in [-0.25, -0.2) is 9.18 Å². The normalized spacial score (nSPS) is 11.1. The maximum atomic E-state index is 13.6. The summed E-state index contributed by atoms with van der Waals surface area (Å²) in [5.74, 6) is -1.61. The molecule has 1 aromatic carbocycles. The summed E-state index contributed by atoms with van der Waals surface area (Å²) in [5, 5.41) is 13.0. The Kier molecular flexibility index (Phi) is 5.47. The molecule has 0 radical (unpaired) electrons. The van der Waals surface area contributed by atoms with Gasteiger partial charge in [0.1, 0.15) is 0 Å². The van der Waals surface area contributed by atoms with Crippen LogP contribution in [-0.2, 0) is 4.79 Å². The van der Waals surface area contributed by atoms with Gasteiger partial charge < -0.3 is 10.1 Å². The van der Waals surface area contributed by atoms with Crippen molar-refractivity contribution in [2.45, 2.75) is 20.0 Å². The van der Waals surface area contributed by atoms with Gasteiger partial charge >= 0.3 is 6.03 Å². The molecule has 0 aliphatic heterocycles. The van der Waals surface area contributed by atoms with Crippen molar-refractivity contribution in [3.63, 3.8) is 0 Å². The van der Waals surface area contributed by atoms with Gasteiger partial charge in [-0.2, -0.15) is 5.26 Å². The largest absolute Gasteiger partial charge is 0.478 e. The van der Waals surface area contributed by atoms with Crippen LogP contribution in [0.4, 0.5) is 9.18 Å². The van der Waals surface area contributed by atoms with E-state index in [1.165, 1.54) is 19.1 Å². The smallest absolute Gasteiger partial charge is 0.321 e. The number of amides is 3. The zero-order chi connectivity index (χ0) is 15.1. The van der Waals surface area contributed by atoms with E-state index in [0.29, 0.717) is 6.54 Å². The molecule has 1 unspecified atom stereocenters. The van der Waals surface area contributed by atoms with E-state index in [0.717, 1.165) is 6.07 Å². The molecule has 0 aromatic heterocycles. The lowest BCUT2D eigenvalue weighted by Gasteiger charge is -2.14. The second kappa shape index (κ2) is 7.09. The van der Waals surface area contributed by atoms with Crippen molar-refractivity contribution in [2.75, 3.05) is 6.54 Å². The van der Waals surface area contributed by atoms with Crippen molar-refractivity contribution in [3.8, 4) is 11.8 Å². The number of halogens is 1. The van der Waals surface area contributed by atoms with Gasteiger partial charge in [-0.3, -0.25) is 10.1 Å². The molecule has 1 rings (SSSR count). The lowest BCUT2D eigenvalue weighted by molar-refractivity contribution is -0.126. The van der Waals surface area contributed by atoms with Crippen molar-refractivity contribution >= 4 is 11.9 Å². The Labute approximate surface area is 115 Å². The number of ether oxygens (including phenoxy) is 1. The maximum absolute atomic E-state index is 13.6. The summed E-state index contributed by atoms with van der Waals surface area (Å²) in [4.78, 5) is 22.7. The summed E-state index contributed by atoms with van der Waals surface area (Å²) in [6, 6.07) is 4.76. The molecular formula is C13H14FN3O3. The zero-order valence-electron chi connectivity index (χ0n) is 11.1. The van der Waals surface area contributed by atoms with Gasteiger partial charge in [-0.05, 0) is 32.0 Å². The van der Waals surface area contributed by atoms with E-state index in [4.69, 9.17) is 10.00 Å². The molecule has 0 saturated heterocycles. The minimum atomic E-state index is -1.06. The lowest BCUT2D eigenvalue weighted by atomic mass is 10.2. The predicted molar refractivity (Wildman–Crippen MR) is 68.4 cm³/mol. The van der Waals surface area contributed by atoms with Crippen molar-refractivity contribution in [2.24, 2.45) is 0 Å². The van der Waals surface area contributed by atoms with Crippen LogP contribution in [0.5, 0.6) is 5.75 Å². The average molecular weight is 279 g/mol. The van der Waals surface area contributed by atoms with Crippen LogP contribution in [0.1, 0.15) is 19.4 Å². The van der Waals surface area contributed by atoms with E-state index in [2.05, 4.69) is 10.6 Å². The number of nitriles is 1. The first-order valence-electron chi connectivity index (χ1n) is 5.93. The number of nitrogens with one attached hydrogen (secondary N) is 2. The topological polar surface area (TPSA) is 91.2 Å². The number of imide groups is 1. The molecule has 0 aliphatic rings. The molecule has 20 heavy (non-hydrogen) atoms. The van der Waals surface area contributed by atoms with Crippen molar-refractivity contribution in [3.05, 3.63) is 29.6 Å². The standard InChI is InChI=1S/C13H14FN3O3/c1-3-16-13(19)17-12(18)8(2)20-11-5-4-9(7-15)6-10(11)14/h4-6,8H,3H2,1-2H3,(H2,16,17,18,19). The van der Waals surface area contributed by atoms with Crippen molar-refractivity contribution in [1.82, 2.24) is 10.6 Å². The van der Waals surface area contributed by atoms with Crippen LogP contribution in [0.25, 0.3) is 0 Å². The number of benzene rings is 1. The highest BCUT2D eigenvalue weighted by atomic mass is 19.1. The van der Waals surface area contributed by atoms with Crippen LogP contribution >= 0.6 is 0 Å². The van der Waals surface area contributed by atoms with Crippen LogP contribution in [0.2, 0.25) is 0 Å². The molecule has 1 aromatic rings. The van der Waals surface area contributed by atoms with E-state index in [9.17, 15) is 14.0 Å². The summed E-state index contributed by atoms with van der Waals surface area (Å²) in [5.41, 5.74) is 0.147. The second-order valence-corrected chi connectivity index (χ2v) is 3.87. The Balaban J connectivity index is 2.66. The van der Waals surface area contributed by atoms with E-state index in [-0.39, 0.29) is 11.3 Å². The second-order valence-electron chi connectivity index (χ2n) is 3.87. The van der Waals surface area contributed by atoms with Gasteiger partial charge in [0.05, 0.1) is 11.6 Å². The predicted octanol–water partition coefficient (Wildman–Crippen LogP) is 1.31. The van der Waals surface area contributed by atoms with E-state index < -0.39 is 23.9 Å². The Hall–Kier alpha value is -2.62. The third-order valence-electron chi connectivity index (χ3n) is 2.31. The number of urea groups is 1. The fraction of sp³-hybridized carbons (Fsp3) is 0.308. The summed E-state index contributed by atoms with van der Waals surface area (Å²) < 4.78 is 18.7. The molecule has 0 fully saturated rings. The average Bonchev–Trinajstić information content (AvgIpc) is 2.41. The SMILES string of the molecule is CCNC(=O)NC(=O)C(C)Oc1ccc(C#N)cc1F. The van der Waals surface area contributed by atoms with Crippen molar-refractivity contribution < 1.29 is 18.7 Å². The number of carbonyl (C=O) groups is 2. The lowest BCUT2D eigenvalue weighted by Crippen LogP contribution is -2.45. The highest BCUT2D eigenvalue weighted by molar-refractivity contribution is 5.96. The van der Waals surface area contributed by atoms with Crippen LogP contribution < -0.4 is 15.4 Å². The van der Waals surface area contributed by atoms with Crippen LogP contribution in [-0.4, -0.2) is 24.6 Å². The Morgan fingerprint density at radius 2 is 2.20 bits per heavy atom. The summed E-state index contributed by atoms with van der Waals surface area (Å²) in [7, 11) is 0. The Morgan fingerprint density at radius 1 is 1.50 bits per heavy atom. The summed E-state index contributed by atoms with van der Waals surface area (Å²) >= 11 is 0. The molecule has 0 bridgehead atoms. The minimum Gasteiger partial charge on any atom is -0.478 e. The third kappa shape index (κ3) is 4.24. The Morgan fingerprint density at radius 3 is 2.75 bits per heavy atom. The minimum absolute atomic E-state index is 0.147. The fourth-order valence-corrected chi connectivity index (χ4v) is 1.33. The highest BCUT2D eigenvalue weighted by Gasteiger charge is 2.18. The number of hydrogen-bond donors (Lipinski definition) is 2. The van der Waals surface area contributed by atoms with Crippen LogP contribution in [0.3, 0.4) is 0 Å². The molecule has 0 spiro atoms. The molecule has 7 heteroatoms. The molecular weight excluding hydrogens is 265 g/mol. The van der Waals surface area contributed by atoms with Crippen molar-refractivity contribution in [1.29, 1.82) is 5.26 Å². The number of rotatable bonds is 4. The van der Waals surface area contributed by atoms with E-state index >= 15 is 0 Å². The monoisotopic (exact) mass is 279 g/mol. The summed E-state index contributed by atoms with van der Waals surface area (Å²) in [6.07, 6.45) is -1.06. The van der Waals surface area contributed by atoms with Gasteiger partial charge in [0.2, 0.25) is 0 Å². The van der Waals surface area contributed by atoms with Crippen LogP contribution in [0, 0.1) is 17.1 Å². The molecule has 0 heterocycles. The fourth-order valence-electron chi connectivity index (χ4n) is 1.33. The molecule has 106 valence electrons. The third-order valence-corrected chi connectivity index (χ3v) is 2.31. The van der Waals surface area contributed by atoms with Crippen LogP contribution in [0.15, 0.2) is 18.2 Å². The number of hydrogen-bond acceptors (Lipinski definition) is 4. The number of carbonyl (C=O) groups excluding carboxylic acids is 2. The number of nitrogens with zero attached hydrogens (tertiary/aromatic N) is 1. The maximum Gasteiger partial charge on any atom is 0.321 e. The van der Waals surface area contributed by atoms with Gasteiger partial charge in [0.15, 0.2) is 17.7 Å². The first kappa shape index (κ1) is 15.4.